The first-order chi connectivity index (χ1) is 10.5. The monoisotopic (exact) mass is 305 g/mol. The Morgan fingerprint density at radius 1 is 1.18 bits per heavy atom. The maximum absolute atomic E-state index is 12.0. The molecule has 0 bridgehead atoms. The van der Waals surface area contributed by atoms with Crippen molar-refractivity contribution in [2.75, 3.05) is 0 Å². The maximum Gasteiger partial charge on any atom is 0.310 e. The molecule has 7 heteroatoms. The fraction of sp³-hybridized carbons (Fsp3) is 0.333. The van der Waals surface area contributed by atoms with E-state index in [0.29, 0.717) is 18.4 Å². The van der Waals surface area contributed by atoms with Gasteiger partial charge in [0.2, 0.25) is 0 Å². The van der Waals surface area contributed by atoms with Gasteiger partial charge in [0.05, 0.1) is 16.8 Å². The van der Waals surface area contributed by atoms with Gasteiger partial charge in [-0.1, -0.05) is 12.2 Å². The fourth-order valence-corrected chi connectivity index (χ4v) is 2.32. The molecule has 1 N–H and O–H groups in total. The lowest BCUT2D eigenvalue weighted by molar-refractivity contribution is -0.384. The highest BCUT2D eigenvalue weighted by Crippen LogP contribution is 2.27. The molecule has 0 amide bonds. The molecule has 1 aliphatic rings. The number of benzene rings is 1. The van der Waals surface area contributed by atoms with Crippen molar-refractivity contribution in [2.45, 2.75) is 19.4 Å². The van der Waals surface area contributed by atoms with E-state index < -0.39 is 28.7 Å². The summed E-state index contributed by atoms with van der Waals surface area (Å²) in [6.07, 6.45) is 4.18. The first kappa shape index (κ1) is 15.7. The number of nitrogens with zero attached hydrogens (tertiary/aromatic N) is 1. The van der Waals surface area contributed by atoms with Crippen molar-refractivity contribution in [1.29, 1.82) is 0 Å². The van der Waals surface area contributed by atoms with Crippen LogP contribution in [0.2, 0.25) is 0 Å². The molecule has 0 saturated heterocycles. The van der Waals surface area contributed by atoms with Crippen LogP contribution in [0.3, 0.4) is 0 Å². The predicted octanol–water partition coefficient (Wildman–Crippen LogP) is 2.31. The van der Waals surface area contributed by atoms with Crippen molar-refractivity contribution in [3.8, 4) is 0 Å². The Morgan fingerprint density at radius 2 is 1.77 bits per heavy atom. The second kappa shape index (κ2) is 6.84. The van der Waals surface area contributed by atoms with Gasteiger partial charge in [0.25, 0.3) is 5.69 Å². The van der Waals surface area contributed by atoms with Crippen molar-refractivity contribution in [1.82, 2.24) is 0 Å². The number of hydrogen-bond acceptors (Lipinski definition) is 5. The summed E-state index contributed by atoms with van der Waals surface area (Å²) in [5.74, 6) is -3.04. The minimum atomic E-state index is -1.01. The van der Waals surface area contributed by atoms with E-state index in [4.69, 9.17) is 9.84 Å². The summed E-state index contributed by atoms with van der Waals surface area (Å²) in [6.45, 7) is -0.0383. The number of carbonyl (C=O) groups excluding carboxylic acids is 1. The van der Waals surface area contributed by atoms with Crippen LogP contribution in [0.15, 0.2) is 36.4 Å². The molecule has 0 aliphatic heterocycles. The molecular weight excluding hydrogens is 290 g/mol. The highest BCUT2D eigenvalue weighted by atomic mass is 16.6. The molecular formula is C15H15NO6. The van der Waals surface area contributed by atoms with Gasteiger partial charge in [-0.15, -0.1) is 0 Å². The minimum absolute atomic E-state index is 0.0383. The Hall–Kier alpha value is -2.70. The fourth-order valence-electron chi connectivity index (χ4n) is 2.32. The number of esters is 1. The van der Waals surface area contributed by atoms with Gasteiger partial charge in [-0.05, 0) is 30.5 Å². The Bertz CT molecular complexity index is 607. The summed E-state index contributed by atoms with van der Waals surface area (Å²) >= 11 is 0. The van der Waals surface area contributed by atoms with E-state index in [9.17, 15) is 19.7 Å². The van der Waals surface area contributed by atoms with Gasteiger partial charge in [0.1, 0.15) is 6.61 Å². The van der Waals surface area contributed by atoms with Crippen LogP contribution in [-0.4, -0.2) is 22.0 Å². The zero-order valence-corrected chi connectivity index (χ0v) is 11.7. The van der Waals surface area contributed by atoms with E-state index in [-0.39, 0.29) is 12.3 Å². The van der Waals surface area contributed by atoms with Crippen LogP contribution in [0.1, 0.15) is 18.4 Å². The summed E-state index contributed by atoms with van der Waals surface area (Å²) in [5, 5.41) is 19.7. The first-order valence-corrected chi connectivity index (χ1v) is 6.77. The zero-order valence-electron chi connectivity index (χ0n) is 11.7. The van der Waals surface area contributed by atoms with Crippen molar-refractivity contribution in [3.05, 3.63) is 52.1 Å². The van der Waals surface area contributed by atoms with Crippen molar-refractivity contribution < 1.29 is 24.4 Å². The lowest BCUT2D eigenvalue weighted by Crippen LogP contribution is -2.32. The molecule has 2 atom stereocenters. The number of ether oxygens (including phenoxy) is 1. The van der Waals surface area contributed by atoms with Crippen LogP contribution in [0, 0.1) is 22.0 Å². The van der Waals surface area contributed by atoms with Gasteiger partial charge in [-0.2, -0.15) is 0 Å². The topological polar surface area (TPSA) is 107 Å². The minimum Gasteiger partial charge on any atom is -0.481 e. The second-order valence-electron chi connectivity index (χ2n) is 5.03. The molecule has 0 aromatic heterocycles. The predicted molar refractivity (Wildman–Crippen MR) is 75.9 cm³/mol. The normalized spacial score (nSPS) is 20.4. The number of carbonyl (C=O) groups is 2. The molecule has 0 unspecified atom stereocenters. The van der Waals surface area contributed by atoms with Crippen molar-refractivity contribution >= 4 is 17.6 Å². The van der Waals surface area contributed by atoms with Gasteiger partial charge in [-0.25, -0.2) is 0 Å². The highest BCUT2D eigenvalue weighted by molar-refractivity contribution is 5.81. The Morgan fingerprint density at radius 3 is 2.32 bits per heavy atom. The van der Waals surface area contributed by atoms with Crippen LogP contribution in [0.25, 0.3) is 0 Å². The maximum atomic E-state index is 12.0. The molecule has 1 aromatic rings. The molecule has 7 nitrogen and oxygen atoms in total. The third kappa shape index (κ3) is 3.69. The van der Waals surface area contributed by atoms with Crippen molar-refractivity contribution in [2.24, 2.45) is 11.8 Å². The van der Waals surface area contributed by atoms with Gasteiger partial charge in [-0.3, -0.25) is 19.7 Å². The molecule has 0 saturated carbocycles. The molecule has 0 spiro atoms. The van der Waals surface area contributed by atoms with Crippen LogP contribution in [0.4, 0.5) is 5.69 Å². The van der Waals surface area contributed by atoms with E-state index in [2.05, 4.69) is 0 Å². The number of nitro benzene ring substituents is 1. The quantitative estimate of drug-likeness (QED) is 0.387. The van der Waals surface area contributed by atoms with E-state index in [0.717, 1.165) is 0 Å². The molecule has 116 valence electrons. The van der Waals surface area contributed by atoms with Crippen LogP contribution in [-0.2, 0) is 20.9 Å². The third-order valence-electron chi connectivity index (χ3n) is 3.58. The van der Waals surface area contributed by atoms with E-state index in [1.807, 2.05) is 0 Å². The number of hydrogen-bond donors (Lipinski definition) is 1. The molecule has 0 fully saturated rings. The zero-order chi connectivity index (χ0) is 16.1. The SMILES string of the molecule is O=C(O)[C@H]1CC=CC[C@@H]1C(=O)OCc1ccc([N+](=O)[O-])cc1. The Balaban J connectivity index is 1.95. The second-order valence-corrected chi connectivity index (χ2v) is 5.03. The molecule has 22 heavy (non-hydrogen) atoms. The number of allylic oxidation sites excluding steroid dienone is 2. The average Bonchev–Trinajstić information content (AvgIpc) is 2.53. The Kier molecular flexibility index (Phi) is 4.88. The van der Waals surface area contributed by atoms with E-state index >= 15 is 0 Å². The summed E-state index contributed by atoms with van der Waals surface area (Å²) < 4.78 is 5.14. The van der Waals surface area contributed by atoms with Crippen LogP contribution < -0.4 is 0 Å². The summed E-state index contributed by atoms with van der Waals surface area (Å²) in [6, 6.07) is 5.65. The number of non-ortho nitro benzene ring substituents is 1. The standard InChI is InChI=1S/C15H15NO6/c17-14(18)12-3-1-2-4-13(12)15(19)22-9-10-5-7-11(8-6-10)16(20)21/h1-2,5-8,12-13H,3-4,9H2,(H,17,18)/t12-,13-/m0/s1. The number of nitro groups is 1. The molecule has 0 radical (unpaired) electrons. The van der Waals surface area contributed by atoms with E-state index in [1.54, 1.807) is 12.2 Å². The lowest BCUT2D eigenvalue weighted by atomic mass is 9.83. The number of aliphatic carboxylic acids is 1. The van der Waals surface area contributed by atoms with Gasteiger partial charge < -0.3 is 9.84 Å². The van der Waals surface area contributed by atoms with Gasteiger partial charge >= 0.3 is 11.9 Å². The summed E-state index contributed by atoms with van der Waals surface area (Å²) in [5.41, 5.74) is 0.565. The highest BCUT2D eigenvalue weighted by Gasteiger charge is 2.35. The largest absolute Gasteiger partial charge is 0.481 e. The smallest absolute Gasteiger partial charge is 0.310 e. The Labute approximate surface area is 126 Å². The molecule has 2 rings (SSSR count). The number of carboxylic acids is 1. The molecule has 0 heterocycles. The van der Waals surface area contributed by atoms with Crippen molar-refractivity contribution in [3.63, 3.8) is 0 Å². The molecule has 1 aliphatic carbocycles. The number of rotatable bonds is 5. The van der Waals surface area contributed by atoms with E-state index in [1.165, 1.54) is 24.3 Å². The van der Waals surface area contributed by atoms with Gasteiger partial charge in [0, 0.05) is 12.1 Å². The summed E-state index contributed by atoms with van der Waals surface area (Å²) in [4.78, 5) is 33.2. The van der Waals surface area contributed by atoms with Crippen LogP contribution in [0.5, 0.6) is 0 Å². The molecule has 1 aromatic carbocycles. The first-order valence-electron chi connectivity index (χ1n) is 6.77. The van der Waals surface area contributed by atoms with Gasteiger partial charge in [0.15, 0.2) is 0 Å². The summed E-state index contributed by atoms with van der Waals surface area (Å²) in [7, 11) is 0. The number of carboxylic acid groups (broad SMARTS) is 1. The average molecular weight is 305 g/mol. The van der Waals surface area contributed by atoms with Crippen LogP contribution >= 0.6 is 0 Å². The lowest BCUT2D eigenvalue weighted by Gasteiger charge is -2.23. The third-order valence-corrected chi connectivity index (χ3v) is 3.58.